The van der Waals surface area contributed by atoms with Gasteiger partial charge < -0.3 is 0 Å². The van der Waals surface area contributed by atoms with Crippen LogP contribution >= 0.6 is 23.2 Å². The van der Waals surface area contributed by atoms with Crippen LogP contribution in [0.15, 0.2) is 36.7 Å². The summed E-state index contributed by atoms with van der Waals surface area (Å²) < 4.78 is 0. The Balaban J connectivity index is 2.59. The Morgan fingerprint density at radius 2 is 1.67 bits per heavy atom. The van der Waals surface area contributed by atoms with E-state index in [0.29, 0.717) is 11.0 Å². The molecule has 0 unspecified atom stereocenters. The first-order valence-corrected chi connectivity index (χ1v) is 5.35. The zero-order valence-corrected chi connectivity index (χ0v) is 9.33. The maximum absolute atomic E-state index is 6.01. The van der Waals surface area contributed by atoms with E-state index < -0.39 is 0 Å². The number of rotatable bonds is 2. The zero-order valence-electron chi connectivity index (χ0n) is 7.82. The molecule has 0 aliphatic carbocycles. The summed E-state index contributed by atoms with van der Waals surface area (Å²) in [6, 6.07) is 7.54. The van der Waals surface area contributed by atoms with Crippen LogP contribution in [0.4, 0.5) is 0 Å². The molecule has 0 aliphatic heterocycles. The molecule has 0 bridgehead atoms. The minimum Gasteiger partial charge on any atom is -0.259 e. The fraction of sp³-hybridized carbons (Fsp3) is 0.0909. The maximum atomic E-state index is 6.01. The summed E-state index contributed by atoms with van der Waals surface area (Å²) in [4.78, 5) is 8.22. The summed E-state index contributed by atoms with van der Waals surface area (Å²) in [7, 11) is 0. The third-order valence-electron chi connectivity index (χ3n) is 2.07. The first-order chi connectivity index (χ1) is 7.33. The van der Waals surface area contributed by atoms with Crippen LogP contribution in [-0.4, -0.2) is 9.97 Å². The molecule has 0 atom stereocenters. The van der Waals surface area contributed by atoms with Gasteiger partial charge in [-0.3, -0.25) is 4.98 Å². The minimum absolute atomic E-state index is 0.362. The Morgan fingerprint density at radius 3 is 2.33 bits per heavy atom. The highest BCUT2D eigenvalue weighted by Crippen LogP contribution is 2.28. The van der Waals surface area contributed by atoms with Crippen LogP contribution in [0.3, 0.4) is 0 Å². The molecule has 4 heteroatoms. The van der Waals surface area contributed by atoms with Crippen molar-refractivity contribution in [1.82, 2.24) is 9.97 Å². The number of nitrogens with zero attached hydrogens (tertiary/aromatic N) is 2. The van der Waals surface area contributed by atoms with E-state index in [0.717, 1.165) is 16.8 Å². The predicted octanol–water partition coefficient (Wildman–Crippen LogP) is 3.54. The van der Waals surface area contributed by atoms with Crippen molar-refractivity contribution in [2.24, 2.45) is 0 Å². The fourth-order valence-electron chi connectivity index (χ4n) is 1.38. The Hall–Kier alpha value is -1.12. The van der Waals surface area contributed by atoms with Crippen LogP contribution in [0.25, 0.3) is 11.1 Å². The van der Waals surface area contributed by atoms with Gasteiger partial charge in [-0.25, -0.2) is 4.98 Å². The third-order valence-corrected chi connectivity index (χ3v) is 2.62. The van der Waals surface area contributed by atoms with Gasteiger partial charge in [-0.2, -0.15) is 0 Å². The Morgan fingerprint density at radius 1 is 1.00 bits per heavy atom. The topological polar surface area (TPSA) is 25.8 Å². The average Bonchev–Trinajstić information content (AvgIpc) is 2.30. The van der Waals surface area contributed by atoms with E-state index in [1.165, 1.54) is 0 Å². The van der Waals surface area contributed by atoms with Crippen LogP contribution in [0.1, 0.15) is 5.69 Å². The van der Waals surface area contributed by atoms with Crippen molar-refractivity contribution in [2.75, 3.05) is 0 Å². The van der Waals surface area contributed by atoms with E-state index in [4.69, 9.17) is 23.2 Å². The van der Waals surface area contributed by atoms with Gasteiger partial charge in [0.15, 0.2) is 0 Å². The molecule has 0 saturated heterocycles. The average molecular weight is 239 g/mol. The largest absolute Gasteiger partial charge is 0.259 e. The van der Waals surface area contributed by atoms with Crippen molar-refractivity contribution in [3.8, 4) is 11.1 Å². The van der Waals surface area contributed by atoms with Gasteiger partial charge in [0, 0.05) is 23.5 Å². The van der Waals surface area contributed by atoms with Crippen LogP contribution in [0.5, 0.6) is 0 Å². The van der Waals surface area contributed by atoms with Gasteiger partial charge in [0.2, 0.25) is 0 Å². The lowest BCUT2D eigenvalue weighted by molar-refractivity contribution is 1.17. The van der Waals surface area contributed by atoms with Gasteiger partial charge in [-0.1, -0.05) is 17.7 Å². The number of hydrogen-bond acceptors (Lipinski definition) is 2. The summed E-state index contributed by atoms with van der Waals surface area (Å²) >= 11 is 11.8. The van der Waals surface area contributed by atoms with Gasteiger partial charge in [-0.15, -0.1) is 11.6 Å². The first kappa shape index (κ1) is 10.4. The van der Waals surface area contributed by atoms with Gasteiger partial charge in [-0.05, 0) is 18.2 Å². The Kier molecular flexibility index (Phi) is 3.19. The Bertz CT molecular complexity index is 472. The molecule has 0 spiro atoms. The van der Waals surface area contributed by atoms with Crippen molar-refractivity contribution in [1.29, 1.82) is 0 Å². The van der Waals surface area contributed by atoms with E-state index in [1.54, 1.807) is 12.4 Å². The van der Waals surface area contributed by atoms with E-state index in [2.05, 4.69) is 9.97 Å². The molecule has 2 aromatic rings. The van der Waals surface area contributed by atoms with E-state index in [9.17, 15) is 0 Å². The molecular formula is C11H8Cl2N2. The van der Waals surface area contributed by atoms with E-state index >= 15 is 0 Å². The zero-order chi connectivity index (χ0) is 10.7. The highest BCUT2D eigenvalue weighted by Gasteiger charge is 2.08. The standard InChI is InChI=1S/C11H8Cl2N2/c12-7-10-8(3-1-5-14-10)9-4-2-6-15-11(9)13/h1-6H,7H2. The lowest BCUT2D eigenvalue weighted by Gasteiger charge is -2.06. The molecule has 0 saturated carbocycles. The summed E-state index contributed by atoms with van der Waals surface area (Å²) in [6.45, 7) is 0. The molecule has 0 aromatic carbocycles. The minimum atomic E-state index is 0.362. The molecule has 0 fully saturated rings. The first-order valence-electron chi connectivity index (χ1n) is 4.43. The van der Waals surface area contributed by atoms with Crippen molar-refractivity contribution in [2.45, 2.75) is 5.88 Å². The lowest BCUT2D eigenvalue weighted by Crippen LogP contribution is -1.91. The number of alkyl halides is 1. The smallest absolute Gasteiger partial charge is 0.136 e. The SMILES string of the molecule is ClCc1ncccc1-c1cccnc1Cl. The van der Waals surface area contributed by atoms with Crippen molar-refractivity contribution < 1.29 is 0 Å². The van der Waals surface area contributed by atoms with E-state index in [1.807, 2.05) is 24.3 Å². The maximum Gasteiger partial charge on any atom is 0.136 e. The third kappa shape index (κ3) is 2.11. The Labute approximate surface area is 97.9 Å². The lowest BCUT2D eigenvalue weighted by atomic mass is 10.1. The second-order valence-electron chi connectivity index (χ2n) is 2.97. The summed E-state index contributed by atoms with van der Waals surface area (Å²) in [5.74, 6) is 0.362. The molecule has 0 N–H and O–H groups in total. The molecular weight excluding hydrogens is 231 g/mol. The fourth-order valence-corrected chi connectivity index (χ4v) is 1.81. The molecule has 0 amide bonds. The molecule has 15 heavy (non-hydrogen) atoms. The van der Waals surface area contributed by atoms with Gasteiger partial charge in [0.05, 0.1) is 11.6 Å². The predicted molar refractivity (Wildman–Crippen MR) is 62.0 cm³/mol. The van der Waals surface area contributed by atoms with Crippen LogP contribution < -0.4 is 0 Å². The molecule has 2 rings (SSSR count). The highest BCUT2D eigenvalue weighted by molar-refractivity contribution is 6.32. The van der Waals surface area contributed by atoms with Gasteiger partial charge >= 0.3 is 0 Å². The van der Waals surface area contributed by atoms with Gasteiger partial charge in [0.1, 0.15) is 5.15 Å². The summed E-state index contributed by atoms with van der Waals surface area (Å²) in [5, 5.41) is 0.469. The highest BCUT2D eigenvalue weighted by atomic mass is 35.5. The number of pyridine rings is 2. The quantitative estimate of drug-likeness (QED) is 0.591. The molecule has 76 valence electrons. The van der Waals surface area contributed by atoms with E-state index in [-0.39, 0.29) is 0 Å². The summed E-state index contributed by atoms with van der Waals surface area (Å²) in [5.41, 5.74) is 2.61. The van der Waals surface area contributed by atoms with Crippen LogP contribution in [0.2, 0.25) is 5.15 Å². The van der Waals surface area contributed by atoms with Crippen molar-refractivity contribution >= 4 is 23.2 Å². The number of hydrogen-bond donors (Lipinski definition) is 0. The molecule has 2 heterocycles. The van der Waals surface area contributed by atoms with Crippen LogP contribution in [0, 0.1) is 0 Å². The normalized spacial score (nSPS) is 10.3. The monoisotopic (exact) mass is 238 g/mol. The molecule has 0 aliphatic rings. The van der Waals surface area contributed by atoms with Crippen molar-refractivity contribution in [3.05, 3.63) is 47.5 Å². The molecule has 0 radical (unpaired) electrons. The van der Waals surface area contributed by atoms with Crippen LogP contribution in [-0.2, 0) is 5.88 Å². The van der Waals surface area contributed by atoms with Gasteiger partial charge in [0.25, 0.3) is 0 Å². The second kappa shape index (κ2) is 4.60. The second-order valence-corrected chi connectivity index (χ2v) is 3.60. The van der Waals surface area contributed by atoms with Crippen molar-refractivity contribution in [3.63, 3.8) is 0 Å². The molecule has 2 nitrogen and oxygen atoms in total. The molecule has 2 aromatic heterocycles. The summed E-state index contributed by atoms with van der Waals surface area (Å²) in [6.07, 6.45) is 3.37. The number of halogens is 2. The number of aromatic nitrogens is 2.